The van der Waals surface area contributed by atoms with Gasteiger partial charge in [0.25, 0.3) is 0 Å². The maximum Gasteiger partial charge on any atom is 0.410 e. The van der Waals surface area contributed by atoms with Crippen molar-refractivity contribution in [3.63, 3.8) is 0 Å². The minimum Gasteiger partial charge on any atom is -0.444 e. The molecule has 19 nitrogen and oxygen atoms in total. The van der Waals surface area contributed by atoms with Crippen LogP contribution in [-0.2, 0) is 28.4 Å². The number of ether oxygens (including phenoxy) is 6. The van der Waals surface area contributed by atoms with Crippen LogP contribution in [0.25, 0.3) is 20.9 Å². The van der Waals surface area contributed by atoms with E-state index >= 15 is 0 Å². The first-order valence-electron chi connectivity index (χ1n) is 21.4. The van der Waals surface area contributed by atoms with Crippen molar-refractivity contribution in [3.05, 3.63) is 20.9 Å². The number of amides is 3. The van der Waals surface area contributed by atoms with Crippen molar-refractivity contribution >= 4 is 18.3 Å². The smallest absolute Gasteiger partial charge is 0.410 e. The molecule has 3 amide bonds. The first-order chi connectivity index (χ1) is 28.1. The molecule has 0 radical (unpaired) electrons. The molecule has 3 N–H and O–H groups in total. The fourth-order valence-corrected chi connectivity index (χ4v) is 6.80. The van der Waals surface area contributed by atoms with Crippen molar-refractivity contribution in [2.24, 2.45) is 33.7 Å². The molecule has 3 saturated heterocycles. The molecule has 60 heavy (non-hydrogen) atoms. The number of carbonyl (C=O) groups is 3. The van der Waals surface area contributed by atoms with E-state index in [0.29, 0.717) is 37.5 Å². The number of likely N-dealkylation sites (N-methyl/N-ethyl adjacent to an activating group) is 2. The van der Waals surface area contributed by atoms with E-state index in [4.69, 9.17) is 45.2 Å². The molecule has 3 heterocycles. The second-order valence-electron chi connectivity index (χ2n) is 18.9. The molecule has 0 unspecified atom stereocenters. The number of nitrogens with two attached hydrogens (primary N) is 1. The summed E-state index contributed by atoms with van der Waals surface area (Å²) in [5.41, 5.74) is 21.2. The van der Waals surface area contributed by atoms with Gasteiger partial charge in [-0.25, -0.2) is 14.4 Å². The van der Waals surface area contributed by atoms with Crippen LogP contribution in [0, 0.1) is 17.8 Å². The van der Waals surface area contributed by atoms with Crippen molar-refractivity contribution < 1.29 is 42.8 Å². The molecule has 0 spiro atoms. The second kappa shape index (κ2) is 28.0. The Bertz CT molecular complexity index is 1340. The lowest BCUT2D eigenvalue weighted by molar-refractivity contribution is 0.0116. The minimum atomic E-state index is -0.541. The summed E-state index contributed by atoms with van der Waals surface area (Å²) in [6.07, 6.45) is 7.66. The first-order valence-corrected chi connectivity index (χ1v) is 21.4. The lowest BCUT2D eigenvalue weighted by Crippen LogP contribution is -2.45. The molecule has 0 aromatic carbocycles. The molecule has 0 saturated carbocycles. The molecule has 3 fully saturated rings. The zero-order valence-electron chi connectivity index (χ0n) is 38.5. The minimum absolute atomic E-state index is 0.0153. The van der Waals surface area contributed by atoms with E-state index in [0.717, 1.165) is 84.2 Å². The summed E-state index contributed by atoms with van der Waals surface area (Å²) in [5, 5.41) is 9.96. The van der Waals surface area contributed by atoms with Gasteiger partial charge in [0.1, 0.15) is 16.8 Å². The SMILES string of the molecule is CC(C)(C)OC(=O)N[C@H](CN=[N+]=[N-])C[C@H]1CCCOC1.CN(C(=O)OC(C)(C)C)[C@H](CN)C[C@H]1CCCOC1.CN(C(=O)OC(C)(C)C)[C@H](CN=[N+]=[N-])C[C@H]1CCCOC1. The summed E-state index contributed by atoms with van der Waals surface area (Å²) in [7, 11) is 3.45. The van der Waals surface area contributed by atoms with E-state index < -0.39 is 29.0 Å². The third-order valence-corrected chi connectivity index (χ3v) is 9.76. The average Bonchev–Trinajstić information content (AvgIpc) is 3.16. The fraction of sp³-hybridized carbons (Fsp3) is 0.927. The van der Waals surface area contributed by atoms with E-state index in [9.17, 15) is 14.4 Å². The number of azide groups is 2. The van der Waals surface area contributed by atoms with Crippen LogP contribution in [-0.4, -0.2) is 136 Å². The lowest BCUT2D eigenvalue weighted by Gasteiger charge is -2.33. The Labute approximate surface area is 358 Å². The van der Waals surface area contributed by atoms with Gasteiger partial charge in [0.2, 0.25) is 0 Å². The van der Waals surface area contributed by atoms with Gasteiger partial charge >= 0.3 is 18.3 Å². The second-order valence-corrected chi connectivity index (χ2v) is 18.9. The van der Waals surface area contributed by atoms with Gasteiger partial charge in [-0.05, 0) is 149 Å². The Kier molecular flexibility index (Phi) is 25.3. The Morgan fingerprint density at radius 3 is 1.42 bits per heavy atom. The third-order valence-electron chi connectivity index (χ3n) is 9.76. The zero-order valence-corrected chi connectivity index (χ0v) is 38.5. The number of rotatable bonds is 14. The molecule has 3 rings (SSSR count). The van der Waals surface area contributed by atoms with Crippen LogP contribution in [0.4, 0.5) is 14.4 Å². The molecular formula is C41H78N10O9. The van der Waals surface area contributed by atoms with Gasteiger partial charge < -0.3 is 49.3 Å². The van der Waals surface area contributed by atoms with Crippen LogP contribution in [0.2, 0.25) is 0 Å². The van der Waals surface area contributed by atoms with Gasteiger partial charge in [0.15, 0.2) is 0 Å². The topological polar surface area (TPSA) is 249 Å². The summed E-state index contributed by atoms with van der Waals surface area (Å²) >= 11 is 0. The van der Waals surface area contributed by atoms with Crippen LogP contribution in [0.1, 0.15) is 120 Å². The van der Waals surface area contributed by atoms with Crippen LogP contribution in [0.15, 0.2) is 10.2 Å². The van der Waals surface area contributed by atoms with Crippen molar-refractivity contribution in [3.8, 4) is 0 Å². The largest absolute Gasteiger partial charge is 0.444 e. The number of hydrogen-bond donors (Lipinski definition) is 2. The Hall–Kier alpha value is -3.73. The van der Waals surface area contributed by atoms with Gasteiger partial charge in [-0.1, -0.05) is 10.2 Å². The normalized spacial score (nSPS) is 20.9. The van der Waals surface area contributed by atoms with Gasteiger partial charge in [-0.2, -0.15) is 0 Å². The van der Waals surface area contributed by atoms with E-state index in [-0.39, 0.29) is 37.3 Å². The van der Waals surface area contributed by atoms with Crippen LogP contribution in [0.5, 0.6) is 0 Å². The highest BCUT2D eigenvalue weighted by Gasteiger charge is 2.30. The highest BCUT2D eigenvalue weighted by molar-refractivity contribution is 5.69. The molecule has 0 aromatic heterocycles. The number of nitrogens with one attached hydrogen (secondary N) is 1. The Morgan fingerprint density at radius 1 is 0.667 bits per heavy atom. The van der Waals surface area contributed by atoms with Crippen molar-refractivity contribution in [2.75, 3.05) is 73.4 Å². The number of carbonyl (C=O) groups excluding carboxylic acids is 3. The molecule has 346 valence electrons. The number of hydrogen-bond acceptors (Lipinski definition) is 12. The molecule has 6 atom stereocenters. The highest BCUT2D eigenvalue weighted by Crippen LogP contribution is 2.24. The van der Waals surface area contributed by atoms with Crippen LogP contribution in [0.3, 0.4) is 0 Å². The maximum atomic E-state index is 12.1. The molecule has 3 aliphatic heterocycles. The van der Waals surface area contributed by atoms with Crippen molar-refractivity contribution in [1.29, 1.82) is 0 Å². The molecule has 0 aromatic rings. The molecular weight excluding hydrogens is 777 g/mol. The quantitative estimate of drug-likeness (QED) is 0.0731. The molecule has 19 heteroatoms. The highest BCUT2D eigenvalue weighted by atomic mass is 16.6. The first kappa shape index (κ1) is 54.3. The average molecular weight is 855 g/mol. The fourth-order valence-electron chi connectivity index (χ4n) is 6.80. The lowest BCUT2D eigenvalue weighted by atomic mass is 9.94. The predicted molar refractivity (Wildman–Crippen MR) is 230 cm³/mol. The predicted octanol–water partition coefficient (Wildman–Crippen LogP) is 8.35. The van der Waals surface area contributed by atoms with E-state index in [1.807, 2.05) is 62.3 Å². The van der Waals surface area contributed by atoms with Gasteiger partial charge in [-0.15, -0.1) is 0 Å². The summed E-state index contributed by atoms with van der Waals surface area (Å²) in [6, 6.07) is -0.364. The maximum absolute atomic E-state index is 12.1. The molecule has 3 aliphatic rings. The Balaban J connectivity index is 0.000000451. The Morgan fingerprint density at radius 2 is 1.05 bits per heavy atom. The van der Waals surface area contributed by atoms with Crippen LogP contribution >= 0.6 is 0 Å². The number of alkyl carbamates (subject to hydrolysis) is 1. The van der Waals surface area contributed by atoms with E-state index in [2.05, 4.69) is 25.4 Å². The van der Waals surface area contributed by atoms with Gasteiger partial charge in [0.05, 0.1) is 0 Å². The summed E-state index contributed by atoms with van der Waals surface area (Å²) in [5.74, 6) is 1.27. The van der Waals surface area contributed by atoms with Gasteiger partial charge in [0, 0.05) is 101 Å². The van der Waals surface area contributed by atoms with Crippen molar-refractivity contribution in [2.45, 2.75) is 155 Å². The number of nitrogens with zero attached hydrogens (tertiary/aromatic N) is 8. The van der Waals surface area contributed by atoms with E-state index in [1.165, 1.54) is 4.90 Å². The molecule has 0 bridgehead atoms. The summed E-state index contributed by atoms with van der Waals surface area (Å²) in [6.45, 7) is 22.1. The third kappa shape index (κ3) is 25.8. The molecule has 0 aliphatic carbocycles. The van der Waals surface area contributed by atoms with Crippen LogP contribution < -0.4 is 11.1 Å². The van der Waals surface area contributed by atoms with E-state index in [1.54, 1.807) is 19.0 Å². The van der Waals surface area contributed by atoms with Crippen molar-refractivity contribution in [1.82, 2.24) is 15.1 Å². The van der Waals surface area contributed by atoms with Gasteiger partial charge in [-0.3, -0.25) is 0 Å². The summed E-state index contributed by atoms with van der Waals surface area (Å²) < 4.78 is 32.3. The summed E-state index contributed by atoms with van der Waals surface area (Å²) in [4.78, 5) is 44.6. The monoisotopic (exact) mass is 855 g/mol. The zero-order chi connectivity index (χ0) is 45.4. The standard InChI is InChI=1S/C14H26N4O3.C14H28N2O3.C13H24N4O3/c1-14(2,3)21-13(19)18(4)12(9-16-17-15)8-11-6-5-7-20-10-11;1-14(2,3)19-13(17)16(4)12(9-15)8-11-6-5-7-18-10-11;1-13(2,3)20-12(18)16-11(8-15-17-14)7-10-5-4-6-19-9-10/h11-12H,5-10H2,1-4H3;11-12H,5-10,15H2,1-4H3;10-11H,4-9H2,1-3H3,(H,16,18)/t2*11-,12+;10-,11+/m111/s1.